The number of hydrazone groups is 1. The number of amides is 1. The van der Waals surface area contributed by atoms with Crippen molar-refractivity contribution in [2.24, 2.45) is 10.1 Å². The first-order valence-corrected chi connectivity index (χ1v) is 10.4. The Labute approximate surface area is 190 Å². The number of non-ortho nitro benzene ring substituents is 1. The number of rotatable bonds is 4. The second kappa shape index (κ2) is 7.95. The van der Waals surface area contributed by atoms with E-state index in [2.05, 4.69) is 10.1 Å². The van der Waals surface area contributed by atoms with E-state index in [1.807, 2.05) is 0 Å². The lowest BCUT2D eigenvalue weighted by molar-refractivity contribution is -0.384. The number of fused-ring (bicyclic) bond motifs is 1. The van der Waals surface area contributed by atoms with Gasteiger partial charge in [-0.1, -0.05) is 12.1 Å². The van der Waals surface area contributed by atoms with E-state index in [9.17, 15) is 19.3 Å². The van der Waals surface area contributed by atoms with Crippen LogP contribution in [0, 0.1) is 21.3 Å². The maximum absolute atomic E-state index is 14.2. The summed E-state index contributed by atoms with van der Waals surface area (Å²) in [5.41, 5.74) is 1.46. The van der Waals surface area contributed by atoms with Gasteiger partial charge in [0.15, 0.2) is 5.84 Å². The van der Waals surface area contributed by atoms with E-state index in [-0.39, 0.29) is 27.8 Å². The normalized spacial score (nSPS) is 16.6. The Morgan fingerprint density at radius 2 is 1.85 bits per heavy atom. The fraction of sp³-hybridized carbons (Fsp3) is 0. The molecule has 2 aromatic carbocycles. The smallest absolute Gasteiger partial charge is 0.283 e. The maximum atomic E-state index is 14.2. The van der Waals surface area contributed by atoms with Crippen LogP contribution in [0.1, 0.15) is 11.3 Å². The third kappa shape index (κ3) is 3.64. The first kappa shape index (κ1) is 20.5. The first-order valence-electron chi connectivity index (χ1n) is 9.59. The summed E-state index contributed by atoms with van der Waals surface area (Å²) in [6.45, 7) is 0. The zero-order valence-electron chi connectivity index (χ0n) is 16.7. The average Bonchev–Trinajstić information content (AvgIpc) is 3.44. The number of thioether (sulfide) groups is 1. The predicted molar refractivity (Wildman–Crippen MR) is 123 cm³/mol. The van der Waals surface area contributed by atoms with Gasteiger partial charge < -0.3 is 4.57 Å². The molecule has 11 heteroatoms. The molecule has 33 heavy (non-hydrogen) atoms. The molecule has 3 aromatic rings. The average molecular weight is 460 g/mol. The molecule has 2 aliphatic rings. The molecule has 0 bridgehead atoms. The van der Waals surface area contributed by atoms with Gasteiger partial charge in [-0.2, -0.15) is 15.1 Å². The standard InChI is InChI=1S/C22H13FN6O3S/c23-18-6-2-1-5-16(18)21-26-28-19(24)17(20(30)25-22(28)33-21)12-15-4-3-11-27(15)13-7-9-14(10-8-13)29(31)32/h1-12,24H/b17-12+,24-19?. The van der Waals surface area contributed by atoms with Gasteiger partial charge in [0.2, 0.25) is 5.17 Å². The molecule has 0 atom stereocenters. The predicted octanol–water partition coefficient (Wildman–Crippen LogP) is 4.19. The summed E-state index contributed by atoms with van der Waals surface area (Å²) in [5, 5.41) is 25.4. The molecule has 1 N–H and O–H groups in total. The second-order valence-electron chi connectivity index (χ2n) is 6.98. The largest absolute Gasteiger partial charge is 0.317 e. The number of aliphatic imine (C=N–C) groups is 1. The highest BCUT2D eigenvalue weighted by molar-refractivity contribution is 8.27. The summed E-state index contributed by atoms with van der Waals surface area (Å²) >= 11 is 1.02. The Morgan fingerprint density at radius 3 is 2.58 bits per heavy atom. The van der Waals surface area contributed by atoms with E-state index >= 15 is 0 Å². The van der Waals surface area contributed by atoms with Crippen LogP contribution < -0.4 is 0 Å². The highest BCUT2D eigenvalue weighted by Crippen LogP contribution is 2.32. The third-order valence-corrected chi connectivity index (χ3v) is 5.91. The quantitative estimate of drug-likeness (QED) is 0.356. The molecule has 2 aliphatic heterocycles. The number of nitrogens with zero attached hydrogens (tertiary/aromatic N) is 5. The monoisotopic (exact) mass is 460 g/mol. The van der Waals surface area contributed by atoms with Crippen LogP contribution in [-0.2, 0) is 4.79 Å². The molecule has 0 fully saturated rings. The van der Waals surface area contributed by atoms with Gasteiger partial charge in [0.1, 0.15) is 10.9 Å². The lowest BCUT2D eigenvalue weighted by atomic mass is 10.1. The topological polar surface area (TPSA) is 117 Å². The SMILES string of the molecule is N=C1/C(=C\c2cccn2-c2ccc([N+](=O)[O-])cc2)C(=O)N=C2SC(c3ccccc3F)=NN12. The molecule has 0 saturated carbocycles. The number of nitro groups is 1. The van der Waals surface area contributed by atoms with Crippen LogP contribution in [0.3, 0.4) is 0 Å². The van der Waals surface area contributed by atoms with Crippen molar-refractivity contribution < 1.29 is 14.1 Å². The fourth-order valence-corrected chi connectivity index (χ4v) is 4.28. The van der Waals surface area contributed by atoms with Crippen molar-refractivity contribution in [3.63, 3.8) is 0 Å². The van der Waals surface area contributed by atoms with Crippen LogP contribution in [0.25, 0.3) is 11.8 Å². The number of carbonyl (C=O) groups is 1. The summed E-state index contributed by atoms with van der Waals surface area (Å²) in [4.78, 5) is 27.2. The molecule has 162 valence electrons. The van der Waals surface area contributed by atoms with E-state index < -0.39 is 16.6 Å². The van der Waals surface area contributed by atoms with Crippen molar-refractivity contribution >= 4 is 45.5 Å². The summed E-state index contributed by atoms with van der Waals surface area (Å²) in [6.07, 6.45) is 3.24. The number of hydrogen-bond acceptors (Lipinski definition) is 6. The number of benzene rings is 2. The Kier molecular flexibility index (Phi) is 4.94. The zero-order valence-corrected chi connectivity index (χ0v) is 17.5. The Balaban J connectivity index is 1.49. The number of nitrogens with one attached hydrogen (secondary N) is 1. The fourth-order valence-electron chi connectivity index (χ4n) is 3.37. The summed E-state index contributed by atoms with van der Waals surface area (Å²) in [6, 6.07) is 15.6. The molecular formula is C22H13FN6O3S. The molecule has 1 aromatic heterocycles. The van der Waals surface area contributed by atoms with Crippen molar-refractivity contribution in [1.29, 1.82) is 5.41 Å². The molecule has 0 unspecified atom stereocenters. The van der Waals surface area contributed by atoms with Gasteiger partial charge in [-0.05, 0) is 54.2 Å². The molecule has 5 rings (SSSR count). The number of hydrogen-bond donors (Lipinski definition) is 1. The lowest BCUT2D eigenvalue weighted by Gasteiger charge is -2.20. The van der Waals surface area contributed by atoms with Gasteiger partial charge in [0.05, 0.1) is 10.5 Å². The minimum atomic E-state index is -0.611. The van der Waals surface area contributed by atoms with E-state index in [0.29, 0.717) is 16.4 Å². The van der Waals surface area contributed by atoms with Crippen molar-refractivity contribution in [3.05, 3.63) is 99.6 Å². The molecular weight excluding hydrogens is 447 g/mol. The van der Waals surface area contributed by atoms with Gasteiger partial charge in [-0.15, -0.1) is 0 Å². The van der Waals surface area contributed by atoms with Crippen LogP contribution in [-0.4, -0.2) is 36.5 Å². The number of nitro benzene ring substituents is 1. The molecule has 0 radical (unpaired) electrons. The molecule has 0 spiro atoms. The molecule has 0 aliphatic carbocycles. The summed E-state index contributed by atoms with van der Waals surface area (Å²) < 4.78 is 15.9. The van der Waals surface area contributed by atoms with Gasteiger partial charge in [-0.3, -0.25) is 20.3 Å². The van der Waals surface area contributed by atoms with E-state index in [1.165, 1.54) is 29.3 Å². The van der Waals surface area contributed by atoms with E-state index in [0.717, 1.165) is 11.8 Å². The van der Waals surface area contributed by atoms with Crippen LogP contribution in [0.4, 0.5) is 10.1 Å². The second-order valence-corrected chi connectivity index (χ2v) is 7.94. The van der Waals surface area contributed by atoms with Crippen LogP contribution >= 0.6 is 11.8 Å². The highest BCUT2D eigenvalue weighted by atomic mass is 32.2. The molecule has 3 heterocycles. The molecule has 9 nitrogen and oxygen atoms in total. The number of aromatic nitrogens is 1. The third-order valence-electron chi connectivity index (χ3n) is 4.97. The maximum Gasteiger partial charge on any atom is 0.283 e. The Bertz CT molecular complexity index is 1420. The number of carbonyl (C=O) groups excluding carboxylic acids is 1. The van der Waals surface area contributed by atoms with Gasteiger partial charge in [-0.25, -0.2) is 4.39 Å². The summed E-state index contributed by atoms with van der Waals surface area (Å²) in [5.74, 6) is -1.25. The van der Waals surface area contributed by atoms with Gasteiger partial charge in [0, 0.05) is 35.3 Å². The zero-order chi connectivity index (χ0) is 23.1. The highest BCUT2D eigenvalue weighted by Gasteiger charge is 2.36. The van der Waals surface area contributed by atoms with Crippen molar-refractivity contribution in [1.82, 2.24) is 9.58 Å². The van der Waals surface area contributed by atoms with Crippen LogP contribution in [0.2, 0.25) is 0 Å². The first-order chi connectivity index (χ1) is 15.9. The number of halogens is 1. The van der Waals surface area contributed by atoms with Crippen molar-refractivity contribution in [3.8, 4) is 5.69 Å². The lowest BCUT2D eigenvalue weighted by Crippen LogP contribution is -2.35. The van der Waals surface area contributed by atoms with Gasteiger partial charge >= 0.3 is 0 Å². The minimum absolute atomic E-state index is 0.0137. The van der Waals surface area contributed by atoms with Crippen molar-refractivity contribution in [2.75, 3.05) is 0 Å². The van der Waals surface area contributed by atoms with Crippen LogP contribution in [0.15, 0.2) is 82.5 Å². The Morgan fingerprint density at radius 1 is 1.09 bits per heavy atom. The minimum Gasteiger partial charge on any atom is -0.317 e. The molecule has 0 saturated heterocycles. The Hall–Kier alpha value is -4.38. The van der Waals surface area contributed by atoms with E-state index in [4.69, 9.17) is 5.41 Å². The van der Waals surface area contributed by atoms with E-state index in [1.54, 1.807) is 53.2 Å². The number of amidine groups is 2. The van der Waals surface area contributed by atoms with Gasteiger partial charge in [0.25, 0.3) is 11.6 Å². The van der Waals surface area contributed by atoms with Crippen LogP contribution in [0.5, 0.6) is 0 Å². The molecule has 1 amide bonds. The van der Waals surface area contributed by atoms with Crippen molar-refractivity contribution in [2.45, 2.75) is 0 Å². The summed E-state index contributed by atoms with van der Waals surface area (Å²) in [7, 11) is 0.